The average Bonchev–Trinajstić information content (AvgIpc) is 2.76. The number of anilines is 1. The SMILES string of the molecule is CCOc1ccccc1NC(=O)c1cccn(Cc2cc(OC)cc(OC)c2)c1=O. The van der Waals surface area contributed by atoms with E-state index in [1.54, 1.807) is 50.7 Å². The second-order valence-corrected chi connectivity index (χ2v) is 6.46. The van der Waals surface area contributed by atoms with Crippen molar-refractivity contribution in [3.63, 3.8) is 0 Å². The number of nitrogens with one attached hydrogen (secondary N) is 1. The van der Waals surface area contributed by atoms with Gasteiger partial charge in [-0.1, -0.05) is 12.1 Å². The Morgan fingerprint density at radius 3 is 2.37 bits per heavy atom. The maximum absolute atomic E-state index is 12.9. The van der Waals surface area contributed by atoms with E-state index in [9.17, 15) is 9.59 Å². The Hall–Kier alpha value is -3.74. The van der Waals surface area contributed by atoms with Crippen molar-refractivity contribution in [2.45, 2.75) is 13.5 Å². The molecular weight excluding hydrogens is 384 g/mol. The molecule has 1 N–H and O–H groups in total. The lowest BCUT2D eigenvalue weighted by Crippen LogP contribution is -2.29. The van der Waals surface area contributed by atoms with Crippen LogP contribution >= 0.6 is 0 Å². The molecule has 30 heavy (non-hydrogen) atoms. The van der Waals surface area contributed by atoms with Crippen LogP contribution in [0.15, 0.2) is 65.6 Å². The van der Waals surface area contributed by atoms with Crippen molar-refractivity contribution in [3.05, 3.63) is 82.3 Å². The van der Waals surface area contributed by atoms with Crippen molar-refractivity contribution in [1.82, 2.24) is 4.57 Å². The number of hydrogen-bond donors (Lipinski definition) is 1. The summed E-state index contributed by atoms with van der Waals surface area (Å²) in [4.78, 5) is 25.7. The third-order valence-electron chi connectivity index (χ3n) is 4.46. The molecule has 0 saturated carbocycles. The van der Waals surface area contributed by atoms with Crippen LogP contribution in [0.25, 0.3) is 0 Å². The van der Waals surface area contributed by atoms with Gasteiger partial charge < -0.3 is 24.1 Å². The van der Waals surface area contributed by atoms with E-state index in [1.165, 1.54) is 10.6 Å². The molecule has 7 heteroatoms. The second kappa shape index (κ2) is 9.65. The number of ether oxygens (including phenoxy) is 3. The molecule has 2 aromatic carbocycles. The molecule has 1 heterocycles. The highest BCUT2D eigenvalue weighted by molar-refractivity contribution is 6.04. The number of aromatic nitrogens is 1. The van der Waals surface area contributed by atoms with Gasteiger partial charge >= 0.3 is 0 Å². The quantitative estimate of drug-likeness (QED) is 0.617. The number of carbonyl (C=O) groups excluding carboxylic acids is 1. The van der Waals surface area contributed by atoms with E-state index < -0.39 is 11.5 Å². The van der Waals surface area contributed by atoms with Crippen molar-refractivity contribution in [3.8, 4) is 17.2 Å². The summed E-state index contributed by atoms with van der Waals surface area (Å²) in [7, 11) is 3.13. The van der Waals surface area contributed by atoms with Crippen LogP contribution in [0.3, 0.4) is 0 Å². The standard InChI is InChI=1S/C23H24N2O5/c1-4-30-21-10-6-5-9-20(21)24-22(26)19-8-7-11-25(23(19)27)15-16-12-17(28-2)14-18(13-16)29-3/h5-14H,4,15H2,1-3H3,(H,24,26). The highest BCUT2D eigenvalue weighted by atomic mass is 16.5. The van der Waals surface area contributed by atoms with E-state index in [2.05, 4.69) is 5.32 Å². The van der Waals surface area contributed by atoms with Crippen LogP contribution in [0, 0.1) is 0 Å². The number of nitrogens with zero attached hydrogens (tertiary/aromatic N) is 1. The minimum absolute atomic E-state index is 0.0404. The van der Waals surface area contributed by atoms with E-state index in [0.29, 0.717) is 29.5 Å². The Labute approximate surface area is 174 Å². The largest absolute Gasteiger partial charge is 0.497 e. The topological polar surface area (TPSA) is 78.8 Å². The van der Waals surface area contributed by atoms with Crippen molar-refractivity contribution >= 4 is 11.6 Å². The summed E-state index contributed by atoms with van der Waals surface area (Å²) in [6.07, 6.45) is 1.64. The fraction of sp³-hybridized carbons (Fsp3) is 0.217. The minimum atomic E-state index is -0.496. The van der Waals surface area contributed by atoms with Crippen molar-refractivity contribution in [2.24, 2.45) is 0 Å². The number of rotatable bonds is 8. The summed E-state index contributed by atoms with van der Waals surface area (Å²) < 4.78 is 17.6. The molecular formula is C23H24N2O5. The van der Waals surface area contributed by atoms with Gasteiger partial charge in [0.2, 0.25) is 0 Å². The van der Waals surface area contributed by atoms with Crippen molar-refractivity contribution in [1.29, 1.82) is 0 Å². The molecule has 1 aromatic heterocycles. The Balaban J connectivity index is 1.87. The number of pyridine rings is 1. The Morgan fingerprint density at radius 1 is 1.00 bits per heavy atom. The molecule has 1 amide bonds. The van der Waals surface area contributed by atoms with Crippen LogP contribution in [0.2, 0.25) is 0 Å². The lowest BCUT2D eigenvalue weighted by molar-refractivity contribution is 0.102. The molecule has 0 bridgehead atoms. The summed E-state index contributed by atoms with van der Waals surface area (Å²) in [5, 5.41) is 2.76. The smallest absolute Gasteiger partial charge is 0.263 e. The highest BCUT2D eigenvalue weighted by Gasteiger charge is 2.15. The van der Waals surface area contributed by atoms with Crippen LogP contribution in [-0.2, 0) is 6.54 Å². The number of hydrogen-bond acceptors (Lipinski definition) is 5. The maximum atomic E-state index is 12.9. The van der Waals surface area contributed by atoms with E-state index in [0.717, 1.165) is 5.56 Å². The monoisotopic (exact) mass is 408 g/mol. The van der Waals surface area contributed by atoms with Gasteiger partial charge in [0.1, 0.15) is 22.8 Å². The van der Waals surface area contributed by atoms with Crippen LogP contribution in [0.5, 0.6) is 17.2 Å². The first kappa shape index (κ1) is 21.0. The number of amides is 1. The molecule has 156 valence electrons. The predicted octanol–water partition coefficient (Wildman–Crippen LogP) is 3.56. The average molecular weight is 408 g/mol. The van der Waals surface area contributed by atoms with Gasteiger partial charge in [0.05, 0.1) is 33.1 Å². The molecule has 7 nitrogen and oxygen atoms in total. The number of carbonyl (C=O) groups is 1. The van der Waals surface area contributed by atoms with Gasteiger partial charge in [0.25, 0.3) is 11.5 Å². The maximum Gasteiger partial charge on any atom is 0.263 e. The molecule has 0 atom stereocenters. The normalized spacial score (nSPS) is 10.4. The molecule has 0 unspecified atom stereocenters. The molecule has 0 radical (unpaired) electrons. The van der Waals surface area contributed by atoms with E-state index in [1.807, 2.05) is 25.1 Å². The molecule has 0 saturated heterocycles. The predicted molar refractivity (Wildman–Crippen MR) is 115 cm³/mol. The minimum Gasteiger partial charge on any atom is -0.497 e. The molecule has 0 aliphatic carbocycles. The number of benzene rings is 2. The van der Waals surface area contributed by atoms with E-state index in [4.69, 9.17) is 14.2 Å². The Morgan fingerprint density at radius 2 is 1.70 bits per heavy atom. The summed E-state index contributed by atoms with van der Waals surface area (Å²) in [6.45, 7) is 2.60. The molecule has 0 aliphatic heterocycles. The fourth-order valence-electron chi connectivity index (χ4n) is 3.03. The van der Waals surface area contributed by atoms with Gasteiger partial charge in [-0.15, -0.1) is 0 Å². The van der Waals surface area contributed by atoms with E-state index >= 15 is 0 Å². The summed E-state index contributed by atoms with van der Waals surface area (Å²) in [6, 6.07) is 15.7. The zero-order valence-corrected chi connectivity index (χ0v) is 17.2. The summed E-state index contributed by atoms with van der Waals surface area (Å²) >= 11 is 0. The van der Waals surface area contributed by atoms with Crippen LogP contribution in [-0.4, -0.2) is 31.3 Å². The first-order chi connectivity index (χ1) is 14.5. The molecule has 0 fully saturated rings. The van der Waals surface area contributed by atoms with Gasteiger partial charge in [-0.2, -0.15) is 0 Å². The van der Waals surface area contributed by atoms with Gasteiger partial charge in [-0.3, -0.25) is 9.59 Å². The zero-order chi connectivity index (χ0) is 21.5. The van der Waals surface area contributed by atoms with Crippen molar-refractivity contribution in [2.75, 3.05) is 26.1 Å². The third kappa shape index (κ3) is 4.81. The number of para-hydroxylation sites is 2. The van der Waals surface area contributed by atoms with Crippen molar-refractivity contribution < 1.29 is 19.0 Å². The zero-order valence-electron chi connectivity index (χ0n) is 17.2. The van der Waals surface area contributed by atoms with Gasteiger partial charge in [-0.05, 0) is 48.9 Å². The molecule has 3 aromatic rings. The van der Waals surface area contributed by atoms with Crippen LogP contribution in [0.1, 0.15) is 22.8 Å². The highest BCUT2D eigenvalue weighted by Crippen LogP contribution is 2.24. The number of methoxy groups -OCH3 is 2. The van der Waals surface area contributed by atoms with Crippen LogP contribution < -0.4 is 25.1 Å². The third-order valence-corrected chi connectivity index (χ3v) is 4.46. The van der Waals surface area contributed by atoms with Gasteiger partial charge in [0, 0.05) is 12.3 Å². The molecule has 0 aliphatic rings. The molecule has 0 spiro atoms. The lowest BCUT2D eigenvalue weighted by Gasteiger charge is -2.13. The Kier molecular flexibility index (Phi) is 6.75. The fourth-order valence-corrected chi connectivity index (χ4v) is 3.03. The van der Waals surface area contributed by atoms with Gasteiger partial charge in [-0.25, -0.2) is 0 Å². The first-order valence-electron chi connectivity index (χ1n) is 9.50. The second-order valence-electron chi connectivity index (χ2n) is 6.46. The van der Waals surface area contributed by atoms with E-state index in [-0.39, 0.29) is 12.1 Å². The first-order valence-corrected chi connectivity index (χ1v) is 9.50. The van der Waals surface area contributed by atoms with Crippen LogP contribution in [0.4, 0.5) is 5.69 Å². The Bertz CT molecular complexity index is 1070. The van der Waals surface area contributed by atoms with Gasteiger partial charge in [0.15, 0.2) is 0 Å². The lowest BCUT2D eigenvalue weighted by atomic mass is 10.2. The molecule has 3 rings (SSSR count). The summed E-state index contributed by atoms with van der Waals surface area (Å²) in [5.41, 5.74) is 0.966. The summed E-state index contributed by atoms with van der Waals surface area (Å²) in [5.74, 6) is 1.30.